The van der Waals surface area contributed by atoms with Crippen LogP contribution in [-0.4, -0.2) is 48.3 Å². The highest BCUT2D eigenvalue weighted by atomic mass is 79.9. The minimum absolute atomic E-state index is 0.0272. The van der Waals surface area contributed by atoms with E-state index in [1.54, 1.807) is 24.1 Å². The van der Waals surface area contributed by atoms with Gasteiger partial charge in [-0.3, -0.25) is 0 Å². The maximum Gasteiger partial charge on any atom is 0.337 e. The van der Waals surface area contributed by atoms with E-state index in [-0.39, 0.29) is 23.3 Å². The molecule has 0 spiro atoms. The Bertz CT molecular complexity index is 520. The zero-order valence-electron chi connectivity index (χ0n) is 12.2. The summed E-state index contributed by atoms with van der Waals surface area (Å²) in [6.07, 6.45) is 0. The number of urea groups is 1. The van der Waals surface area contributed by atoms with E-state index < -0.39 is 5.97 Å². The third-order valence-corrected chi connectivity index (χ3v) is 3.37. The van der Waals surface area contributed by atoms with E-state index in [2.05, 4.69) is 21.2 Å². The average molecular weight is 359 g/mol. The summed E-state index contributed by atoms with van der Waals surface area (Å²) in [7, 11) is 1.56. The first kappa shape index (κ1) is 17.5. The van der Waals surface area contributed by atoms with Gasteiger partial charge in [0.05, 0.1) is 17.9 Å². The summed E-state index contributed by atoms with van der Waals surface area (Å²) in [5.74, 6) is -1.09. The van der Waals surface area contributed by atoms with Crippen molar-refractivity contribution < 1.29 is 19.4 Å². The molecule has 0 fully saturated rings. The number of aromatic carboxylic acids is 1. The van der Waals surface area contributed by atoms with Gasteiger partial charge in [0, 0.05) is 24.2 Å². The van der Waals surface area contributed by atoms with Crippen LogP contribution in [0.5, 0.6) is 0 Å². The number of nitrogens with zero attached hydrogens (tertiary/aromatic N) is 1. The molecule has 0 radical (unpaired) electrons. The number of nitrogens with one attached hydrogen (secondary N) is 1. The Kier molecular flexibility index (Phi) is 6.64. The van der Waals surface area contributed by atoms with Crippen molar-refractivity contribution in [1.29, 1.82) is 0 Å². The second-order valence-electron chi connectivity index (χ2n) is 4.71. The molecule has 1 aromatic carbocycles. The van der Waals surface area contributed by atoms with Gasteiger partial charge in [0.15, 0.2) is 0 Å². The van der Waals surface area contributed by atoms with E-state index in [4.69, 9.17) is 9.84 Å². The lowest BCUT2D eigenvalue weighted by atomic mass is 10.2. The van der Waals surface area contributed by atoms with E-state index in [0.29, 0.717) is 17.6 Å². The number of rotatable bonds is 6. The predicted molar refractivity (Wildman–Crippen MR) is 83.8 cm³/mol. The first-order valence-electron chi connectivity index (χ1n) is 6.46. The Morgan fingerprint density at radius 2 is 2.10 bits per heavy atom. The molecule has 21 heavy (non-hydrogen) atoms. The molecule has 0 atom stereocenters. The molecule has 0 aliphatic heterocycles. The summed E-state index contributed by atoms with van der Waals surface area (Å²) < 4.78 is 5.67. The predicted octanol–water partition coefficient (Wildman–Crippen LogP) is 3.04. The molecule has 1 rings (SSSR count). The lowest BCUT2D eigenvalue weighted by Crippen LogP contribution is -2.42. The second kappa shape index (κ2) is 7.99. The van der Waals surface area contributed by atoms with Gasteiger partial charge in [-0.2, -0.15) is 0 Å². The summed E-state index contributed by atoms with van der Waals surface area (Å²) in [6, 6.07) is 4.24. The van der Waals surface area contributed by atoms with Gasteiger partial charge >= 0.3 is 12.0 Å². The summed E-state index contributed by atoms with van der Waals surface area (Å²) in [5, 5.41) is 11.8. The smallest absolute Gasteiger partial charge is 0.337 e. The summed E-state index contributed by atoms with van der Waals surface area (Å²) >= 11 is 3.27. The van der Waals surface area contributed by atoms with Crippen LogP contribution in [-0.2, 0) is 4.74 Å². The molecule has 6 nitrogen and oxygen atoms in total. The van der Waals surface area contributed by atoms with Gasteiger partial charge in [0.25, 0.3) is 0 Å². The van der Waals surface area contributed by atoms with E-state index in [1.807, 2.05) is 13.8 Å². The highest BCUT2D eigenvalue weighted by molar-refractivity contribution is 9.10. The zero-order valence-corrected chi connectivity index (χ0v) is 13.8. The number of benzene rings is 1. The van der Waals surface area contributed by atoms with E-state index >= 15 is 0 Å². The van der Waals surface area contributed by atoms with E-state index in [0.717, 1.165) is 0 Å². The number of carbonyl (C=O) groups is 2. The van der Waals surface area contributed by atoms with Crippen molar-refractivity contribution >= 4 is 33.6 Å². The number of amides is 2. The van der Waals surface area contributed by atoms with Crippen LogP contribution in [0.25, 0.3) is 0 Å². The largest absolute Gasteiger partial charge is 0.478 e. The van der Waals surface area contributed by atoms with Crippen molar-refractivity contribution in [3.05, 3.63) is 28.2 Å². The van der Waals surface area contributed by atoms with Gasteiger partial charge in [0.1, 0.15) is 0 Å². The highest BCUT2D eigenvalue weighted by Gasteiger charge is 2.19. The third kappa shape index (κ3) is 5.02. The van der Waals surface area contributed by atoms with E-state index in [1.165, 1.54) is 6.07 Å². The van der Waals surface area contributed by atoms with Crippen LogP contribution < -0.4 is 5.32 Å². The molecule has 0 saturated carbocycles. The van der Waals surface area contributed by atoms with Gasteiger partial charge < -0.3 is 20.1 Å². The molecular weight excluding hydrogens is 340 g/mol. The van der Waals surface area contributed by atoms with Crippen LogP contribution in [0.1, 0.15) is 24.2 Å². The van der Waals surface area contributed by atoms with Gasteiger partial charge in [-0.1, -0.05) is 15.9 Å². The Balaban J connectivity index is 2.95. The number of methoxy groups -OCH3 is 1. The molecule has 1 aromatic rings. The number of hydrogen-bond acceptors (Lipinski definition) is 3. The summed E-state index contributed by atoms with van der Waals surface area (Å²) in [6.45, 7) is 4.61. The molecule has 2 N–H and O–H groups in total. The van der Waals surface area contributed by atoms with E-state index in [9.17, 15) is 9.59 Å². The molecule has 0 heterocycles. The fraction of sp³-hybridized carbons (Fsp3) is 0.429. The molecule has 7 heteroatoms. The van der Waals surface area contributed by atoms with Crippen molar-refractivity contribution in [3.63, 3.8) is 0 Å². The Morgan fingerprint density at radius 1 is 1.43 bits per heavy atom. The zero-order chi connectivity index (χ0) is 16.0. The fourth-order valence-corrected chi connectivity index (χ4v) is 2.14. The Morgan fingerprint density at radius 3 is 2.62 bits per heavy atom. The van der Waals surface area contributed by atoms with Crippen molar-refractivity contribution in [2.75, 3.05) is 25.6 Å². The Hall–Kier alpha value is -1.60. The molecule has 0 aliphatic rings. The SMILES string of the molecule is COCCN(C(=O)Nc1cc(Br)ccc1C(=O)O)C(C)C. The number of carboxylic acids is 1. The van der Waals surface area contributed by atoms with Gasteiger partial charge in [-0.15, -0.1) is 0 Å². The normalized spacial score (nSPS) is 10.5. The lowest BCUT2D eigenvalue weighted by molar-refractivity contribution is 0.0698. The van der Waals surface area contributed by atoms with Gasteiger partial charge in [-0.25, -0.2) is 9.59 Å². The number of halogens is 1. The molecule has 2 amide bonds. The van der Waals surface area contributed by atoms with Crippen molar-refractivity contribution in [2.24, 2.45) is 0 Å². The molecule has 0 aliphatic carbocycles. The second-order valence-corrected chi connectivity index (χ2v) is 5.62. The number of anilines is 1. The van der Waals surface area contributed by atoms with Crippen LogP contribution in [0.15, 0.2) is 22.7 Å². The van der Waals surface area contributed by atoms with Crippen molar-refractivity contribution in [1.82, 2.24) is 4.90 Å². The maximum absolute atomic E-state index is 12.3. The minimum atomic E-state index is -1.09. The third-order valence-electron chi connectivity index (χ3n) is 2.87. The molecule has 116 valence electrons. The Labute approximate surface area is 132 Å². The number of hydrogen-bond donors (Lipinski definition) is 2. The average Bonchev–Trinajstić information content (AvgIpc) is 2.38. The monoisotopic (exact) mass is 358 g/mol. The fourth-order valence-electron chi connectivity index (χ4n) is 1.78. The van der Waals surface area contributed by atoms with Crippen LogP contribution >= 0.6 is 15.9 Å². The van der Waals surface area contributed by atoms with Crippen molar-refractivity contribution in [3.8, 4) is 0 Å². The van der Waals surface area contributed by atoms with Crippen LogP contribution in [0.3, 0.4) is 0 Å². The van der Waals surface area contributed by atoms with Crippen molar-refractivity contribution in [2.45, 2.75) is 19.9 Å². The van der Waals surface area contributed by atoms with Gasteiger partial charge in [-0.05, 0) is 32.0 Å². The molecule has 0 unspecified atom stereocenters. The van der Waals surface area contributed by atoms with Gasteiger partial charge in [0.2, 0.25) is 0 Å². The standard InChI is InChI=1S/C14H19BrN2O4/c1-9(2)17(6-7-21-3)14(20)16-12-8-10(15)4-5-11(12)13(18)19/h4-5,8-9H,6-7H2,1-3H3,(H,16,20)(H,18,19). The topological polar surface area (TPSA) is 78.9 Å². The number of ether oxygens (including phenoxy) is 1. The first-order valence-corrected chi connectivity index (χ1v) is 7.25. The highest BCUT2D eigenvalue weighted by Crippen LogP contribution is 2.22. The molecular formula is C14H19BrN2O4. The molecule has 0 aromatic heterocycles. The maximum atomic E-state index is 12.3. The first-order chi connectivity index (χ1) is 9.86. The molecule has 0 bridgehead atoms. The summed E-state index contributed by atoms with van der Waals surface area (Å²) in [5.41, 5.74) is 0.298. The number of carboxylic acid groups (broad SMARTS) is 1. The number of carbonyl (C=O) groups excluding carboxylic acids is 1. The van der Waals surface area contributed by atoms with Crippen LogP contribution in [0, 0.1) is 0 Å². The molecule has 0 saturated heterocycles. The summed E-state index contributed by atoms with van der Waals surface area (Å²) in [4.78, 5) is 25.1. The minimum Gasteiger partial charge on any atom is -0.478 e. The quantitative estimate of drug-likeness (QED) is 0.818. The van der Waals surface area contributed by atoms with Crippen LogP contribution in [0.2, 0.25) is 0 Å². The lowest BCUT2D eigenvalue weighted by Gasteiger charge is -2.27. The van der Waals surface area contributed by atoms with Crippen LogP contribution in [0.4, 0.5) is 10.5 Å².